The molecular formula is C8H4Cl2N2. The Morgan fingerprint density at radius 3 is 2.83 bits per heavy atom. The van der Waals surface area contributed by atoms with Crippen LogP contribution in [0.1, 0.15) is 0 Å². The standard InChI is InChI=1S/C8H4Cl2N2/c9-6-2-1-3-7-5(6)4-11-8(10)12-7/h1-4H. The number of hydrogen-bond acceptors (Lipinski definition) is 2. The Bertz CT molecular complexity index is 428. The van der Waals surface area contributed by atoms with Gasteiger partial charge in [0, 0.05) is 11.6 Å². The van der Waals surface area contributed by atoms with Crippen LogP contribution < -0.4 is 0 Å². The van der Waals surface area contributed by atoms with E-state index in [9.17, 15) is 0 Å². The first-order valence-electron chi connectivity index (χ1n) is 3.34. The maximum absolute atomic E-state index is 5.89. The first kappa shape index (κ1) is 7.77. The maximum Gasteiger partial charge on any atom is 0.222 e. The second-order valence-electron chi connectivity index (χ2n) is 2.31. The smallest absolute Gasteiger partial charge is 0.222 e. The highest BCUT2D eigenvalue weighted by Crippen LogP contribution is 2.21. The van der Waals surface area contributed by atoms with E-state index in [0.29, 0.717) is 5.02 Å². The van der Waals surface area contributed by atoms with Crippen LogP contribution in [0.2, 0.25) is 10.3 Å². The molecule has 2 aromatic rings. The number of benzene rings is 1. The lowest BCUT2D eigenvalue weighted by molar-refractivity contribution is 1.22. The van der Waals surface area contributed by atoms with Crippen LogP contribution in [-0.2, 0) is 0 Å². The quantitative estimate of drug-likeness (QED) is 0.609. The van der Waals surface area contributed by atoms with Gasteiger partial charge >= 0.3 is 0 Å². The molecule has 0 aliphatic carbocycles. The zero-order valence-corrected chi connectivity index (χ0v) is 7.47. The van der Waals surface area contributed by atoms with Crippen LogP contribution in [0.5, 0.6) is 0 Å². The monoisotopic (exact) mass is 198 g/mol. The third-order valence-electron chi connectivity index (χ3n) is 1.54. The van der Waals surface area contributed by atoms with Gasteiger partial charge in [-0.25, -0.2) is 9.97 Å². The predicted octanol–water partition coefficient (Wildman–Crippen LogP) is 2.94. The molecule has 60 valence electrons. The minimum absolute atomic E-state index is 0.241. The molecule has 12 heavy (non-hydrogen) atoms. The number of nitrogens with zero attached hydrogens (tertiary/aromatic N) is 2. The minimum atomic E-state index is 0.241. The van der Waals surface area contributed by atoms with Crippen molar-refractivity contribution in [2.75, 3.05) is 0 Å². The Kier molecular flexibility index (Phi) is 1.87. The molecule has 0 saturated heterocycles. The molecule has 0 radical (unpaired) electrons. The number of aromatic nitrogens is 2. The van der Waals surface area contributed by atoms with Crippen LogP contribution in [0.4, 0.5) is 0 Å². The second kappa shape index (κ2) is 2.88. The van der Waals surface area contributed by atoms with E-state index >= 15 is 0 Å². The van der Waals surface area contributed by atoms with E-state index in [1.54, 1.807) is 12.3 Å². The van der Waals surface area contributed by atoms with Crippen LogP contribution in [0.25, 0.3) is 10.9 Å². The van der Waals surface area contributed by atoms with Gasteiger partial charge in [-0.1, -0.05) is 17.7 Å². The van der Waals surface area contributed by atoms with Gasteiger partial charge in [0.25, 0.3) is 0 Å². The molecular weight excluding hydrogens is 195 g/mol. The maximum atomic E-state index is 5.89. The number of rotatable bonds is 0. The summed E-state index contributed by atoms with van der Waals surface area (Å²) in [5.41, 5.74) is 0.766. The summed E-state index contributed by atoms with van der Waals surface area (Å²) >= 11 is 11.5. The van der Waals surface area contributed by atoms with Crippen molar-refractivity contribution >= 4 is 34.1 Å². The first-order chi connectivity index (χ1) is 5.77. The molecule has 0 unspecified atom stereocenters. The molecule has 0 bridgehead atoms. The average molecular weight is 199 g/mol. The fraction of sp³-hybridized carbons (Fsp3) is 0. The molecule has 1 aromatic carbocycles. The zero-order chi connectivity index (χ0) is 8.55. The van der Waals surface area contributed by atoms with Gasteiger partial charge in [0.05, 0.1) is 10.5 Å². The Morgan fingerprint density at radius 2 is 2.00 bits per heavy atom. The highest BCUT2D eigenvalue weighted by atomic mass is 35.5. The van der Waals surface area contributed by atoms with E-state index in [-0.39, 0.29) is 5.28 Å². The summed E-state index contributed by atoms with van der Waals surface area (Å²) in [5.74, 6) is 0. The Morgan fingerprint density at radius 1 is 1.17 bits per heavy atom. The van der Waals surface area contributed by atoms with Crippen LogP contribution in [0.3, 0.4) is 0 Å². The van der Waals surface area contributed by atoms with Gasteiger partial charge in [-0.2, -0.15) is 0 Å². The van der Waals surface area contributed by atoms with Crippen LogP contribution in [0, 0.1) is 0 Å². The van der Waals surface area contributed by atoms with E-state index in [0.717, 1.165) is 10.9 Å². The van der Waals surface area contributed by atoms with E-state index < -0.39 is 0 Å². The van der Waals surface area contributed by atoms with Crippen molar-refractivity contribution in [1.29, 1.82) is 0 Å². The van der Waals surface area contributed by atoms with Crippen molar-refractivity contribution in [1.82, 2.24) is 9.97 Å². The van der Waals surface area contributed by atoms with Crippen molar-refractivity contribution in [3.63, 3.8) is 0 Å². The van der Waals surface area contributed by atoms with Crippen molar-refractivity contribution in [2.24, 2.45) is 0 Å². The number of halogens is 2. The molecule has 2 rings (SSSR count). The number of fused-ring (bicyclic) bond motifs is 1. The summed E-state index contributed by atoms with van der Waals surface area (Å²) in [4.78, 5) is 7.84. The molecule has 0 spiro atoms. The Labute approximate surface area is 79.2 Å². The van der Waals surface area contributed by atoms with Crippen LogP contribution >= 0.6 is 23.2 Å². The summed E-state index contributed by atoms with van der Waals surface area (Å²) in [7, 11) is 0. The van der Waals surface area contributed by atoms with Crippen LogP contribution in [0.15, 0.2) is 24.4 Å². The molecule has 0 amide bonds. The van der Waals surface area contributed by atoms with Gasteiger partial charge in [0.2, 0.25) is 5.28 Å². The topological polar surface area (TPSA) is 25.8 Å². The predicted molar refractivity (Wildman–Crippen MR) is 49.6 cm³/mol. The molecule has 0 atom stereocenters. The van der Waals surface area contributed by atoms with E-state index in [4.69, 9.17) is 23.2 Å². The third-order valence-corrected chi connectivity index (χ3v) is 2.05. The molecule has 4 heteroatoms. The van der Waals surface area contributed by atoms with Gasteiger partial charge < -0.3 is 0 Å². The normalized spacial score (nSPS) is 10.5. The average Bonchev–Trinajstić information content (AvgIpc) is 2.04. The lowest BCUT2D eigenvalue weighted by Gasteiger charge is -1.97. The highest BCUT2D eigenvalue weighted by Gasteiger charge is 1.99. The lowest BCUT2D eigenvalue weighted by atomic mass is 10.2. The molecule has 0 aliphatic rings. The SMILES string of the molecule is Clc1ncc2c(Cl)cccc2n1. The van der Waals surface area contributed by atoms with E-state index in [1.165, 1.54) is 0 Å². The molecule has 0 saturated carbocycles. The fourth-order valence-corrected chi connectivity index (χ4v) is 1.36. The molecule has 1 aromatic heterocycles. The van der Waals surface area contributed by atoms with Gasteiger partial charge in [-0.3, -0.25) is 0 Å². The highest BCUT2D eigenvalue weighted by molar-refractivity contribution is 6.35. The third kappa shape index (κ3) is 1.24. The summed E-state index contributed by atoms with van der Waals surface area (Å²) in [6, 6.07) is 5.46. The van der Waals surface area contributed by atoms with E-state index in [1.807, 2.05) is 12.1 Å². The van der Waals surface area contributed by atoms with Gasteiger partial charge in [0.15, 0.2) is 0 Å². The second-order valence-corrected chi connectivity index (χ2v) is 3.06. The molecule has 0 aliphatic heterocycles. The van der Waals surface area contributed by atoms with E-state index in [2.05, 4.69) is 9.97 Å². The molecule has 0 N–H and O–H groups in total. The van der Waals surface area contributed by atoms with Crippen LogP contribution in [-0.4, -0.2) is 9.97 Å². The van der Waals surface area contributed by atoms with Gasteiger partial charge in [-0.05, 0) is 23.7 Å². The molecule has 2 nitrogen and oxygen atoms in total. The number of hydrogen-bond donors (Lipinski definition) is 0. The first-order valence-corrected chi connectivity index (χ1v) is 4.10. The minimum Gasteiger partial charge on any atom is -0.226 e. The molecule has 0 fully saturated rings. The summed E-state index contributed by atoms with van der Waals surface area (Å²) in [6.45, 7) is 0. The molecule has 1 heterocycles. The fourth-order valence-electron chi connectivity index (χ4n) is 0.997. The van der Waals surface area contributed by atoms with Crippen molar-refractivity contribution in [3.8, 4) is 0 Å². The zero-order valence-electron chi connectivity index (χ0n) is 5.96. The van der Waals surface area contributed by atoms with Crippen molar-refractivity contribution < 1.29 is 0 Å². The van der Waals surface area contributed by atoms with Crippen molar-refractivity contribution in [3.05, 3.63) is 34.7 Å². The van der Waals surface area contributed by atoms with Gasteiger partial charge in [0.1, 0.15) is 0 Å². The summed E-state index contributed by atoms with van der Waals surface area (Å²) < 4.78 is 0. The summed E-state index contributed by atoms with van der Waals surface area (Å²) in [6.07, 6.45) is 1.62. The summed E-state index contributed by atoms with van der Waals surface area (Å²) in [5, 5.41) is 1.71. The largest absolute Gasteiger partial charge is 0.226 e. The lowest BCUT2D eigenvalue weighted by Crippen LogP contribution is -1.83. The van der Waals surface area contributed by atoms with Crippen molar-refractivity contribution in [2.45, 2.75) is 0 Å². The Hall–Kier alpha value is -0.860. The Balaban J connectivity index is 2.86. The van der Waals surface area contributed by atoms with Gasteiger partial charge in [-0.15, -0.1) is 0 Å².